The van der Waals surface area contributed by atoms with E-state index in [2.05, 4.69) is 15.9 Å². The van der Waals surface area contributed by atoms with Crippen molar-refractivity contribution in [3.05, 3.63) is 21.9 Å². The minimum atomic E-state index is -0.465. The van der Waals surface area contributed by atoms with Crippen LogP contribution in [0.2, 0.25) is 0 Å². The number of carbonyl (C=O) groups excluding carboxylic acids is 2. The number of amides is 1. The zero-order valence-corrected chi connectivity index (χ0v) is 14.9. The number of hydrogen-bond donors (Lipinski definition) is 0. The molecule has 0 spiro atoms. The Morgan fingerprint density at radius 3 is 2.76 bits per heavy atom. The lowest BCUT2D eigenvalue weighted by molar-refractivity contribution is 0.0292. The summed E-state index contributed by atoms with van der Waals surface area (Å²) in [6.07, 6.45) is 0.667. The molecule has 0 bridgehead atoms. The third kappa shape index (κ3) is 4.30. The number of hydrogen-bond acceptors (Lipinski definition) is 4. The summed E-state index contributed by atoms with van der Waals surface area (Å²) in [6, 6.07) is 3.88. The Morgan fingerprint density at radius 1 is 1.43 bits per heavy atom. The van der Waals surface area contributed by atoms with Crippen molar-refractivity contribution in [3.8, 4) is 0 Å². The van der Waals surface area contributed by atoms with Gasteiger partial charge in [-0.1, -0.05) is 15.9 Å². The van der Waals surface area contributed by atoms with E-state index in [1.165, 1.54) is 16.2 Å². The van der Waals surface area contributed by atoms with Gasteiger partial charge in [-0.3, -0.25) is 4.79 Å². The average molecular weight is 374 g/mol. The maximum absolute atomic E-state index is 12.0. The highest BCUT2D eigenvalue weighted by molar-refractivity contribution is 9.09. The Bertz CT molecular complexity index is 535. The lowest BCUT2D eigenvalue weighted by Gasteiger charge is -2.24. The van der Waals surface area contributed by atoms with Crippen LogP contribution in [-0.4, -0.2) is 40.8 Å². The number of ether oxygens (including phenoxy) is 1. The third-order valence-corrected chi connectivity index (χ3v) is 5.06. The van der Waals surface area contributed by atoms with Crippen LogP contribution < -0.4 is 0 Å². The van der Waals surface area contributed by atoms with E-state index >= 15 is 0 Å². The Balaban J connectivity index is 1.97. The van der Waals surface area contributed by atoms with Gasteiger partial charge in [-0.2, -0.15) is 0 Å². The maximum Gasteiger partial charge on any atom is 0.410 e. The molecule has 116 valence electrons. The summed E-state index contributed by atoms with van der Waals surface area (Å²) in [5.74, 6) is 0.410. The molecule has 1 unspecified atom stereocenters. The highest BCUT2D eigenvalue weighted by atomic mass is 79.9. The van der Waals surface area contributed by atoms with Crippen LogP contribution in [0.25, 0.3) is 0 Å². The number of thiophene rings is 1. The van der Waals surface area contributed by atoms with Gasteiger partial charge in [0.25, 0.3) is 0 Å². The summed E-state index contributed by atoms with van der Waals surface area (Å²) in [4.78, 5) is 27.4. The van der Waals surface area contributed by atoms with Crippen molar-refractivity contribution in [1.82, 2.24) is 4.90 Å². The van der Waals surface area contributed by atoms with Crippen molar-refractivity contribution >= 4 is 39.1 Å². The SMILES string of the molecule is CC(C)(C)OC(=O)N1CCC(c2ccc(C(=O)CBr)s2)C1. The van der Waals surface area contributed by atoms with Crippen molar-refractivity contribution in [2.75, 3.05) is 18.4 Å². The van der Waals surface area contributed by atoms with Gasteiger partial charge in [-0.05, 0) is 39.3 Å². The molecule has 2 heterocycles. The predicted octanol–water partition coefficient (Wildman–Crippen LogP) is 4.05. The number of alkyl halides is 1. The van der Waals surface area contributed by atoms with Gasteiger partial charge >= 0.3 is 6.09 Å². The first kappa shape index (κ1) is 16.5. The van der Waals surface area contributed by atoms with Gasteiger partial charge in [0, 0.05) is 23.9 Å². The molecule has 0 aliphatic carbocycles. The molecule has 1 fully saturated rings. The van der Waals surface area contributed by atoms with E-state index in [-0.39, 0.29) is 11.9 Å². The topological polar surface area (TPSA) is 46.6 Å². The Morgan fingerprint density at radius 2 is 2.14 bits per heavy atom. The molecule has 1 amide bonds. The number of Topliss-reactive ketones (excluding diaryl/α,β-unsaturated/α-hetero) is 1. The number of likely N-dealkylation sites (tertiary alicyclic amines) is 1. The standard InChI is InChI=1S/C15H20BrNO3S/c1-15(2,3)20-14(19)17-7-6-10(9-17)12-4-5-13(21-12)11(18)8-16/h4-5,10H,6-9H2,1-3H3. The molecule has 0 aromatic carbocycles. The first-order valence-corrected chi connectivity index (χ1v) is 8.91. The van der Waals surface area contributed by atoms with Crippen LogP contribution in [0, 0.1) is 0 Å². The summed E-state index contributed by atoms with van der Waals surface area (Å²) in [6.45, 7) is 6.98. The molecule has 0 saturated carbocycles. The van der Waals surface area contributed by atoms with Crippen molar-refractivity contribution in [2.45, 2.75) is 38.7 Å². The van der Waals surface area contributed by atoms with Gasteiger partial charge in [-0.15, -0.1) is 11.3 Å². The second-order valence-electron chi connectivity index (χ2n) is 6.17. The summed E-state index contributed by atoms with van der Waals surface area (Å²) in [7, 11) is 0. The van der Waals surface area contributed by atoms with E-state index in [4.69, 9.17) is 4.74 Å². The molecule has 1 aromatic rings. The van der Waals surface area contributed by atoms with Gasteiger partial charge in [0.2, 0.25) is 0 Å². The molecular weight excluding hydrogens is 354 g/mol. The molecule has 0 N–H and O–H groups in total. The van der Waals surface area contributed by atoms with Crippen LogP contribution in [0.4, 0.5) is 4.79 Å². The summed E-state index contributed by atoms with van der Waals surface area (Å²) >= 11 is 4.72. The quantitative estimate of drug-likeness (QED) is 0.592. The lowest BCUT2D eigenvalue weighted by Crippen LogP contribution is -2.35. The lowest BCUT2D eigenvalue weighted by atomic mass is 10.1. The van der Waals surface area contributed by atoms with E-state index in [1.54, 1.807) is 4.90 Å². The van der Waals surface area contributed by atoms with E-state index in [0.717, 1.165) is 11.3 Å². The number of nitrogens with zero attached hydrogens (tertiary/aromatic N) is 1. The Hall–Kier alpha value is -0.880. The van der Waals surface area contributed by atoms with Gasteiger partial charge < -0.3 is 9.64 Å². The first-order valence-electron chi connectivity index (χ1n) is 6.97. The van der Waals surface area contributed by atoms with E-state index in [9.17, 15) is 9.59 Å². The second-order valence-corrected chi connectivity index (χ2v) is 7.85. The van der Waals surface area contributed by atoms with Crippen LogP contribution in [0.5, 0.6) is 0 Å². The fourth-order valence-electron chi connectivity index (χ4n) is 2.27. The minimum absolute atomic E-state index is 0.105. The van der Waals surface area contributed by atoms with E-state index < -0.39 is 5.60 Å². The molecular formula is C15H20BrNO3S. The molecule has 21 heavy (non-hydrogen) atoms. The van der Waals surface area contributed by atoms with Crippen molar-refractivity contribution in [1.29, 1.82) is 0 Å². The monoisotopic (exact) mass is 373 g/mol. The molecule has 1 saturated heterocycles. The normalized spacial score (nSPS) is 18.9. The van der Waals surface area contributed by atoms with Gasteiger partial charge in [0.1, 0.15) is 5.60 Å². The van der Waals surface area contributed by atoms with Crippen molar-refractivity contribution < 1.29 is 14.3 Å². The summed E-state index contributed by atoms with van der Waals surface area (Å²) in [5.41, 5.74) is -0.465. The highest BCUT2D eigenvalue weighted by Gasteiger charge is 2.31. The fraction of sp³-hybridized carbons (Fsp3) is 0.600. The summed E-state index contributed by atoms with van der Waals surface area (Å²) in [5, 5.41) is 0.349. The number of halogens is 1. The largest absolute Gasteiger partial charge is 0.444 e. The molecule has 0 radical (unpaired) electrons. The molecule has 6 heteroatoms. The zero-order valence-electron chi connectivity index (χ0n) is 12.5. The number of carbonyl (C=O) groups is 2. The highest BCUT2D eigenvalue weighted by Crippen LogP contribution is 2.33. The third-order valence-electron chi connectivity index (χ3n) is 3.27. The summed E-state index contributed by atoms with van der Waals surface area (Å²) < 4.78 is 5.40. The molecule has 1 aliphatic heterocycles. The molecule has 1 aliphatic rings. The van der Waals surface area contributed by atoms with E-state index in [1.807, 2.05) is 32.9 Å². The Kier molecular flexibility index (Phi) is 5.09. The first-order chi connectivity index (χ1) is 9.80. The minimum Gasteiger partial charge on any atom is -0.444 e. The van der Waals surface area contributed by atoms with Crippen LogP contribution >= 0.6 is 27.3 Å². The van der Waals surface area contributed by atoms with Crippen molar-refractivity contribution in [2.24, 2.45) is 0 Å². The fourth-order valence-corrected chi connectivity index (χ4v) is 3.83. The average Bonchev–Trinajstić information content (AvgIpc) is 3.04. The van der Waals surface area contributed by atoms with Crippen LogP contribution in [0.3, 0.4) is 0 Å². The van der Waals surface area contributed by atoms with Gasteiger partial charge in [-0.25, -0.2) is 4.79 Å². The van der Waals surface area contributed by atoms with E-state index in [0.29, 0.717) is 24.3 Å². The molecule has 2 rings (SSSR count). The molecule has 4 nitrogen and oxygen atoms in total. The Labute approximate surface area is 137 Å². The number of rotatable bonds is 3. The smallest absolute Gasteiger partial charge is 0.410 e. The van der Waals surface area contributed by atoms with Gasteiger partial charge in [0.05, 0.1) is 10.2 Å². The van der Waals surface area contributed by atoms with Crippen LogP contribution in [-0.2, 0) is 4.74 Å². The zero-order chi connectivity index (χ0) is 15.6. The van der Waals surface area contributed by atoms with Crippen molar-refractivity contribution in [3.63, 3.8) is 0 Å². The van der Waals surface area contributed by atoms with Gasteiger partial charge in [0.15, 0.2) is 5.78 Å². The van der Waals surface area contributed by atoms with Crippen LogP contribution in [0.1, 0.15) is 47.7 Å². The second kappa shape index (κ2) is 6.48. The maximum atomic E-state index is 12.0. The predicted molar refractivity (Wildman–Crippen MR) is 87.6 cm³/mol. The molecule has 1 aromatic heterocycles. The van der Waals surface area contributed by atoms with Crippen LogP contribution in [0.15, 0.2) is 12.1 Å². The molecule has 1 atom stereocenters. The number of ketones is 1.